The van der Waals surface area contributed by atoms with Gasteiger partial charge in [-0.15, -0.1) is 0 Å². The standard InChI is InChI=1S/C8H13N.HIO3/c1-7-5-4-6-8(2)9(7)3;2-1(3)4/h4-7H,1-3H3;2H. The highest BCUT2D eigenvalue weighted by Gasteiger charge is 2.07. The molecule has 4 nitrogen and oxygen atoms in total. The molecule has 0 aromatic carbocycles. The largest absolute Gasteiger partial charge is 0.503 e. The summed E-state index contributed by atoms with van der Waals surface area (Å²) < 4.78 is 24.5. The quantitative estimate of drug-likeness (QED) is 0.461. The normalized spacial score (nSPS) is 21.0. The van der Waals surface area contributed by atoms with E-state index in [2.05, 4.69) is 44.0 Å². The van der Waals surface area contributed by atoms with Crippen LogP contribution >= 0.6 is 0 Å². The van der Waals surface area contributed by atoms with E-state index in [4.69, 9.17) is 10.3 Å². The maximum absolute atomic E-state index is 8.68. The Kier molecular flexibility index (Phi) is 6.31. The van der Waals surface area contributed by atoms with Gasteiger partial charge in [0.25, 0.3) is 0 Å². The van der Waals surface area contributed by atoms with Crippen molar-refractivity contribution in [1.82, 2.24) is 4.90 Å². The van der Waals surface area contributed by atoms with Crippen LogP contribution in [0.25, 0.3) is 0 Å². The Morgan fingerprint density at radius 1 is 1.54 bits per heavy atom. The Bertz CT molecular complexity index is 201. The molecule has 0 aliphatic carbocycles. The second kappa shape index (κ2) is 6.36. The summed E-state index contributed by atoms with van der Waals surface area (Å²) in [7, 11) is 2.11. The van der Waals surface area contributed by atoms with Gasteiger partial charge in [-0.05, 0) is 23.4 Å². The zero-order valence-corrected chi connectivity index (χ0v) is 10.1. The molecule has 0 aromatic rings. The van der Waals surface area contributed by atoms with Crippen molar-refractivity contribution >= 4 is 0 Å². The summed E-state index contributed by atoms with van der Waals surface area (Å²) in [5.41, 5.74) is 1.34. The van der Waals surface area contributed by atoms with Crippen LogP contribution in [0.2, 0.25) is 0 Å². The molecule has 0 fully saturated rings. The van der Waals surface area contributed by atoms with Crippen molar-refractivity contribution in [2.45, 2.75) is 19.9 Å². The minimum Gasteiger partial charge on any atom is -0.396 e. The van der Waals surface area contributed by atoms with Gasteiger partial charge in [0.2, 0.25) is 0 Å². The van der Waals surface area contributed by atoms with Crippen molar-refractivity contribution in [2.75, 3.05) is 7.05 Å². The summed E-state index contributed by atoms with van der Waals surface area (Å²) in [5.74, 6) is 0. The smallest absolute Gasteiger partial charge is 0.396 e. The van der Waals surface area contributed by atoms with E-state index in [0.717, 1.165) is 0 Å². The predicted molar refractivity (Wildman–Crippen MR) is 42.3 cm³/mol. The van der Waals surface area contributed by atoms with Crippen LogP contribution < -0.4 is 27.9 Å². The Balaban J connectivity index is 0.000000310. The van der Waals surface area contributed by atoms with E-state index in [0.29, 0.717) is 6.04 Å². The van der Waals surface area contributed by atoms with Gasteiger partial charge in [0.1, 0.15) is 0 Å². The summed E-state index contributed by atoms with van der Waals surface area (Å²) in [6, 6.07) is 0.565. The molecule has 76 valence electrons. The fourth-order valence-corrected chi connectivity index (χ4v) is 0.923. The first-order valence-electron chi connectivity index (χ1n) is 3.77. The van der Waals surface area contributed by atoms with Gasteiger partial charge in [-0.1, -0.05) is 12.2 Å². The van der Waals surface area contributed by atoms with E-state index >= 15 is 0 Å². The lowest BCUT2D eigenvalue weighted by molar-refractivity contribution is -1.63. The monoisotopic (exact) mass is 299 g/mol. The molecule has 0 saturated carbocycles. The van der Waals surface area contributed by atoms with Gasteiger partial charge in [-0.25, -0.2) is 0 Å². The molecule has 0 bridgehead atoms. The van der Waals surface area contributed by atoms with Crippen LogP contribution in [-0.4, -0.2) is 21.4 Å². The van der Waals surface area contributed by atoms with Gasteiger partial charge in [-0.2, -0.15) is 0 Å². The van der Waals surface area contributed by atoms with Crippen LogP contribution in [0.3, 0.4) is 0 Å². The summed E-state index contributed by atoms with van der Waals surface area (Å²) in [6.07, 6.45) is 6.42. The van der Waals surface area contributed by atoms with E-state index in [1.807, 2.05) is 0 Å². The molecule has 0 aromatic heterocycles. The first-order chi connectivity index (χ1) is 5.95. The van der Waals surface area contributed by atoms with Crippen LogP contribution in [0, 0.1) is 0 Å². The molecule has 1 N–H and O–H groups in total. The number of rotatable bonds is 0. The lowest BCUT2D eigenvalue weighted by atomic mass is 10.2. The minimum atomic E-state index is -3.76. The zero-order valence-electron chi connectivity index (χ0n) is 7.90. The number of allylic oxidation sites excluding steroid dienone is 3. The fraction of sp³-hybridized carbons (Fsp3) is 0.500. The Morgan fingerprint density at radius 3 is 2.31 bits per heavy atom. The van der Waals surface area contributed by atoms with Crippen LogP contribution in [0.15, 0.2) is 23.9 Å². The van der Waals surface area contributed by atoms with Gasteiger partial charge in [0, 0.05) is 18.8 Å². The molecule has 13 heavy (non-hydrogen) atoms. The average molecular weight is 299 g/mol. The summed E-state index contributed by atoms with van der Waals surface area (Å²) >= 11 is -3.76. The molecule has 0 radical (unpaired) electrons. The average Bonchev–Trinajstić information content (AvgIpc) is 1.99. The molecule has 1 unspecified atom stereocenters. The summed E-state index contributed by atoms with van der Waals surface area (Å²) in [4.78, 5) is 2.25. The highest BCUT2D eigenvalue weighted by Crippen LogP contribution is 2.11. The Morgan fingerprint density at radius 2 is 2.00 bits per heavy atom. The maximum Gasteiger partial charge on any atom is 0.503 e. The first kappa shape index (κ1) is 12.9. The van der Waals surface area contributed by atoms with Crippen LogP contribution in [0.4, 0.5) is 0 Å². The van der Waals surface area contributed by atoms with Gasteiger partial charge < -0.3 is 11.8 Å². The lowest BCUT2D eigenvalue weighted by Gasteiger charge is -2.27. The number of nitrogens with zero attached hydrogens (tertiary/aromatic N) is 1. The number of hydrogen-bond donors (Lipinski definition) is 1. The molecule has 1 rings (SSSR count). The summed E-state index contributed by atoms with van der Waals surface area (Å²) in [5, 5.41) is 0. The highest BCUT2D eigenvalue weighted by molar-refractivity contribution is 5.17. The molecule has 1 aliphatic rings. The molecule has 0 amide bonds. The van der Waals surface area contributed by atoms with E-state index < -0.39 is 21.1 Å². The lowest BCUT2D eigenvalue weighted by Crippen LogP contribution is -3.98. The number of hydrogen-bond acceptors (Lipinski definition) is 4. The second-order valence-corrected chi connectivity index (χ2v) is 3.89. The SMILES string of the molecule is CC1=CC=CC(C)N1C.[O-][I+2]([O-])O. The Labute approximate surface area is 87.2 Å². The maximum atomic E-state index is 8.68. The van der Waals surface area contributed by atoms with E-state index in [-0.39, 0.29) is 0 Å². The fourth-order valence-electron chi connectivity index (χ4n) is 0.923. The van der Waals surface area contributed by atoms with E-state index in [1.165, 1.54) is 5.70 Å². The molecule has 0 saturated heterocycles. The molecular weight excluding hydrogens is 285 g/mol. The highest BCUT2D eigenvalue weighted by atomic mass is 127. The molecular formula is C8H14INO3. The van der Waals surface area contributed by atoms with Crippen molar-refractivity contribution in [1.29, 1.82) is 0 Å². The predicted octanol–water partition coefficient (Wildman–Crippen LogP) is -4.15. The van der Waals surface area contributed by atoms with Gasteiger partial charge in [0.15, 0.2) is 0 Å². The zero-order chi connectivity index (χ0) is 10.4. The van der Waals surface area contributed by atoms with E-state index in [9.17, 15) is 0 Å². The second-order valence-electron chi connectivity index (χ2n) is 2.75. The summed E-state index contributed by atoms with van der Waals surface area (Å²) in [6.45, 7) is 4.31. The number of likely N-dealkylation sites (N-methyl/N-ethyl adjacent to an activating group) is 1. The minimum absolute atomic E-state index is 0.565. The molecule has 5 heteroatoms. The van der Waals surface area contributed by atoms with Crippen LogP contribution in [-0.2, 0) is 0 Å². The van der Waals surface area contributed by atoms with Crippen molar-refractivity contribution in [3.63, 3.8) is 0 Å². The van der Waals surface area contributed by atoms with Gasteiger partial charge >= 0.3 is 21.1 Å². The molecule has 1 heterocycles. The van der Waals surface area contributed by atoms with Crippen LogP contribution in [0.1, 0.15) is 13.8 Å². The third-order valence-electron chi connectivity index (χ3n) is 1.89. The van der Waals surface area contributed by atoms with Crippen molar-refractivity contribution in [3.05, 3.63) is 23.9 Å². The van der Waals surface area contributed by atoms with Crippen LogP contribution in [0.5, 0.6) is 0 Å². The van der Waals surface area contributed by atoms with Crippen molar-refractivity contribution in [2.24, 2.45) is 0 Å². The van der Waals surface area contributed by atoms with Crippen molar-refractivity contribution < 1.29 is 31.4 Å². The van der Waals surface area contributed by atoms with Gasteiger partial charge in [0.05, 0.1) is 0 Å². The first-order valence-corrected chi connectivity index (χ1v) is 6.50. The molecule has 1 aliphatic heterocycles. The van der Waals surface area contributed by atoms with Crippen molar-refractivity contribution in [3.8, 4) is 0 Å². The van der Waals surface area contributed by atoms with E-state index in [1.54, 1.807) is 0 Å². The third kappa shape index (κ3) is 6.03. The molecule has 0 spiro atoms. The molecule has 1 atom stereocenters. The van der Waals surface area contributed by atoms with Gasteiger partial charge in [-0.3, -0.25) is 0 Å². The number of halogens is 1. The Hall–Kier alpha value is -0.110. The topological polar surface area (TPSA) is 69.6 Å². The third-order valence-corrected chi connectivity index (χ3v) is 1.89.